The highest BCUT2D eigenvalue weighted by atomic mass is 16.5. The fraction of sp³-hybridized carbons (Fsp3) is 0.533. The Balaban J connectivity index is 2.17. The average Bonchev–Trinajstić information content (AvgIpc) is 2.80. The van der Waals surface area contributed by atoms with Crippen LogP contribution in [0.1, 0.15) is 24.5 Å². The Morgan fingerprint density at radius 1 is 1.42 bits per heavy atom. The first kappa shape index (κ1) is 13.9. The number of carbonyl (C=O) groups is 1. The lowest BCUT2D eigenvalue weighted by Crippen LogP contribution is -2.39. The maximum atomic E-state index is 12.2. The van der Waals surface area contributed by atoms with Crippen molar-refractivity contribution in [1.82, 2.24) is 5.32 Å². The molecule has 2 unspecified atom stereocenters. The summed E-state index contributed by atoms with van der Waals surface area (Å²) in [6.07, 6.45) is 1.05. The van der Waals surface area contributed by atoms with Crippen molar-refractivity contribution in [2.75, 3.05) is 19.0 Å². The van der Waals surface area contributed by atoms with Crippen LogP contribution >= 0.6 is 0 Å². The molecule has 2 rings (SSSR count). The van der Waals surface area contributed by atoms with Gasteiger partial charge < -0.3 is 15.4 Å². The van der Waals surface area contributed by atoms with E-state index in [0.29, 0.717) is 5.92 Å². The Hall–Kier alpha value is -1.55. The van der Waals surface area contributed by atoms with Crippen LogP contribution in [-0.4, -0.2) is 25.6 Å². The third-order valence-corrected chi connectivity index (χ3v) is 3.88. The summed E-state index contributed by atoms with van der Waals surface area (Å²) >= 11 is 0. The Labute approximate surface area is 114 Å². The summed E-state index contributed by atoms with van der Waals surface area (Å²) in [6, 6.07) is 3.81. The van der Waals surface area contributed by atoms with Gasteiger partial charge >= 0.3 is 0 Å². The van der Waals surface area contributed by atoms with Crippen LogP contribution in [0, 0.1) is 19.8 Å². The molecule has 1 aliphatic rings. The second-order valence-corrected chi connectivity index (χ2v) is 5.28. The third kappa shape index (κ3) is 2.73. The van der Waals surface area contributed by atoms with E-state index in [1.54, 1.807) is 7.11 Å². The fourth-order valence-electron chi connectivity index (χ4n) is 2.67. The molecule has 1 fully saturated rings. The van der Waals surface area contributed by atoms with Gasteiger partial charge in [-0.25, -0.2) is 0 Å². The van der Waals surface area contributed by atoms with Gasteiger partial charge in [0.15, 0.2) is 0 Å². The minimum absolute atomic E-state index is 0.0407. The number of benzene rings is 1. The average molecular weight is 262 g/mol. The Kier molecular flexibility index (Phi) is 4.10. The molecule has 0 radical (unpaired) electrons. The van der Waals surface area contributed by atoms with Gasteiger partial charge in [-0.3, -0.25) is 4.79 Å². The highest BCUT2D eigenvalue weighted by Gasteiger charge is 2.29. The molecule has 4 nitrogen and oxygen atoms in total. The van der Waals surface area contributed by atoms with Crippen molar-refractivity contribution < 1.29 is 9.53 Å². The first-order valence-electron chi connectivity index (χ1n) is 6.73. The zero-order valence-corrected chi connectivity index (χ0v) is 12.0. The van der Waals surface area contributed by atoms with Gasteiger partial charge in [-0.2, -0.15) is 0 Å². The molecular formula is C15H22N2O2. The molecule has 0 aromatic heterocycles. The third-order valence-electron chi connectivity index (χ3n) is 3.88. The van der Waals surface area contributed by atoms with E-state index in [0.717, 1.165) is 35.5 Å². The molecule has 0 saturated carbocycles. The first-order chi connectivity index (χ1) is 9.04. The van der Waals surface area contributed by atoms with E-state index in [-0.39, 0.29) is 11.9 Å². The zero-order valence-electron chi connectivity index (χ0n) is 12.0. The van der Waals surface area contributed by atoms with Crippen LogP contribution in [0.2, 0.25) is 0 Å². The molecule has 1 heterocycles. The van der Waals surface area contributed by atoms with Gasteiger partial charge in [0.2, 0.25) is 5.91 Å². The number of rotatable bonds is 3. The maximum absolute atomic E-state index is 12.2. The van der Waals surface area contributed by atoms with Crippen LogP contribution in [0.3, 0.4) is 0 Å². The van der Waals surface area contributed by atoms with Crippen LogP contribution in [0.25, 0.3) is 0 Å². The van der Waals surface area contributed by atoms with Gasteiger partial charge in [-0.15, -0.1) is 0 Å². The van der Waals surface area contributed by atoms with Crippen molar-refractivity contribution in [2.24, 2.45) is 5.92 Å². The van der Waals surface area contributed by atoms with E-state index >= 15 is 0 Å². The van der Waals surface area contributed by atoms with E-state index in [1.165, 1.54) is 0 Å². The quantitative estimate of drug-likeness (QED) is 0.878. The molecule has 0 aliphatic carbocycles. The van der Waals surface area contributed by atoms with Crippen LogP contribution in [0.15, 0.2) is 12.1 Å². The molecule has 104 valence electrons. The first-order valence-corrected chi connectivity index (χ1v) is 6.73. The highest BCUT2D eigenvalue weighted by molar-refractivity contribution is 5.96. The highest BCUT2D eigenvalue weighted by Crippen LogP contribution is 2.29. The van der Waals surface area contributed by atoms with Crippen molar-refractivity contribution in [3.8, 4) is 5.75 Å². The molecule has 2 N–H and O–H groups in total. The molecule has 1 aromatic rings. The van der Waals surface area contributed by atoms with E-state index in [2.05, 4.69) is 17.6 Å². The van der Waals surface area contributed by atoms with Gasteiger partial charge in [0, 0.05) is 11.3 Å². The lowest BCUT2D eigenvalue weighted by atomic mass is 10.0. The predicted molar refractivity (Wildman–Crippen MR) is 76.7 cm³/mol. The molecule has 1 aliphatic heterocycles. The van der Waals surface area contributed by atoms with Crippen LogP contribution < -0.4 is 15.4 Å². The summed E-state index contributed by atoms with van der Waals surface area (Å²) in [5.74, 6) is 1.26. The molecular weight excluding hydrogens is 240 g/mol. The van der Waals surface area contributed by atoms with E-state index < -0.39 is 0 Å². The molecule has 4 heteroatoms. The van der Waals surface area contributed by atoms with Crippen LogP contribution in [0.5, 0.6) is 5.75 Å². The fourth-order valence-corrected chi connectivity index (χ4v) is 2.67. The zero-order chi connectivity index (χ0) is 14.0. The van der Waals surface area contributed by atoms with Crippen molar-refractivity contribution >= 4 is 11.6 Å². The normalized spacial score (nSPS) is 22.3. The summed E-state index contributed by atoms with van der Waals surface area (Å²) in [6.45, 7) is 6.98. The number of hydrogen-bond acceptors (Lipinski definition) is 3. The van der Waals surface area contributed by atoms with Gasteiger partial charge in [0.05, 0.1) is 13.2 Å². The van der Waals surface area contributed by atoms with Crippen molar-refractivity contribution in [2.45, 2.75) is 33.2 Å². The number of carbonyl (C=O) groups excluding carboxylic acids is 1. The number of ether oxygens (including phenoxy) is 1. The summed E-state index contributed by atoms with van der Waals surface area (Å²) in [7, 11) is 1.65. The number of anilines is 1. The molecule has 1 amide bonds. The van der Waals surface area contributed by atoms with Crippen LogP contribution in [0.4, 0.5) is 5.69 Å². The molecule has 1 saturated heterocycles. The Bertz CT molecular complexity index is 485. The summed E-state index contributed by atoms with van der Waals surface area (Å²) < 4.78 is 5.38. The van der Waals surface area contributed by atoms with Gasteiger partial charge in [-0.05, 0) is 44.4 Å². The minimum Gasteiger partial charge on any atom is -0.496 e. The number of nitrogens with one attached hydrogen (secondary N) is 2. The lowest BCUT2D eigenvalue weighted by molar-refractivity contribution is -0.118. The minimum atomic E-state index is -0.0910. The number of aryl methyl sites for hydroxylation is 1. The largest absolute Gasteiger partial charge is 0.496 e. The number of methoxy groups -OCH3 is 1. The van der Waals surface area contributed by atoms with E-state index in [1.807, 2.05) is 26.0 Å². The lowest BCUT2D eigenvalue weighted by Gasteiger charge is -2.18. The summed E-state index contributed by atoms with van der Waals surface area (Å²) in [4.78, 5) is 12.2. The van der Waals surface area contributed by atoms with Gasteiger partial charge in [0.25, 0.3) is 0 Å². The van der Waals surface area contributed by atoms with Crippen molar-refractivity contribution in [3.63, 3.8) is 0 Å². The maximum Gasteiger partial charge on any atom is 0.241 e. The Morgan fingerprint density at radius 2 is 2.16 bits per heavy atom. The molecule has 1 aromatic carbocycles. The number of hydrogen-bond donors (Lipinski definition) is 2. The van der Waals surface area contributed by atoms with Crippen LogP contribution in [-0.2, 0) is 4.79 Å². The summed E-state index contributed by atoms with van der Waals surface area (Å²) in [5.41, 5.74) is 2.88. The monoisotopic (exact) mass is 262 g/mol. The van der Waals surface area contributed by atoms with Gasteiger partial charge in [0.1, 0.15) is 5.75 Å². The number of amides is 1. The van der Waals surface area contributed by atoms with Gasteiger partial charge in [-0.1, -0.05) is 13.0 Å². The molecule has 0 spiro atoms. The topological polar surface area (TPSA) is 50.4 Å². The van der Waals surface area contributed by atoms with Crippen molar-refractivity contribution in [1.29, 1.82) is 0 Å². The van der Waals surface area contributed by atoms with E-state index in [9.17, 15) is 4.79 Å². The van der Waals surface area contributed by atoms with Crippen molar-refractivity contribution in [3.05, 3.63) is 23.3 Å². The molecule has 19 heavy (non-hydrogen) atoms. The summed E-state index contributed by atoms with van der Waals surface area (Å²) in [5, 5.41) is 6.25. The van der Waals surface area contributed by atoms with E-state index in [4.69, 9.17) is 4.74 Å². The molecule has 2 atom stereocenters. The smallest absolute Gasteiger partial charge is 0.241 e. The molecule has 0 bridgehead atoms. The SMILES string of the molecule is COc1c(C)ccc(NC(=O)C2NCCC2C)c1C. The predicted octanol–water partition coefficient (Wildman–Crippen LogP) is 2.25. The second-order valence-electron chi connectivity index (χ2n) is 5.28. The standard InChI is InChI=1S/C15H22N2O2/c1-9-7-8-16-13(9)15(18)17-12-6-5-10(2)14(19-4)11(12)3/h5-6,9,13,16H,7-8H2,1-4H3,(H,17,18). The second kappa shape index (κ2) is 5.61. The Morgan fingerprint density at radius 3 is 2.74 bits per heavy atom.